The molecule has 1 saturated heterocycles. The molecule has 14 heteroatoms. The van der Waals surface area contributed by atoms with Crippen molar-refractivity contribution < 1.29 is 18.0 Å². The summed E-state index contributed by atoms with van der Waals surface area (Å²) in [5.41, 5.74) is 7.68. The first kappa shape index (κ1) is 38.1. The minimum absolute atomic E-state index is 0.00600. The molecular formula is C32H56IN5O4SSi3. The molecule has 4 heterocycles. The lowest BCUT2D eigenvalue weighted by atomic mass is 10.1. The van der Waals surface area contributed by atoms with Crippen molar-refractivity contribution in [2.24, 2.45) is 0 Å². The van der Waals surface area contributed by atoms with Crippen molar-refractivity contribution in [3.8, 4) is 10.7 Å². The Bertz CT molecular complexity index is 1540. The van der Waals surface area contributed by atoms with Gasteiger partial charge in [-0.3, -0.25) is 4.57 Å². The second-order valence-corrected chi connectivity index (χ2v) is 34.5. The zero-order valence-electron chi connectivity index (χ0n) is 30.5. The van der Waals surface area contributed by atoms with E-state index in [2.05, 4.69) is 135 Å². The molecule has 1 aliphatic heterocycles. The molecule has 0 radical (unpaired) electrons. The third-order valence-electron chi connectivity index (χ3n) is 10.7. The minimum Gasteiger partial charge on any atom is -0.414 e. The molecule has 0 amide bonds. The monoisotopic (exact) mass is 817 g/mol. The second kappa shape index (κ2) is 12.9. The van der Waals surface area contributed by atoms with Gasteiger partial charge in [0.15, 0.2) is 48.5 Å². The highest BCUT2D eigenvalue weighted by molar-refractivity contribution is 14.1. The predicted octanol–water partition coefficient (Wildman–Crippen LogP) is 9.44. The average Bonchev–Trinajstić information content (AvgIpc) is 3.58. The highest BCUT2D eigenvalue weighted by atomic mass is 127. The number of hydrogen-bond acceptors (Lipinski definition) is 9. The van der Waals surface area contributed by atoms with E-state index in [-0.39, 0.29) is 27.3 Å². The van der Waals surface area contributed by atoms with E-state index in [9.17, 15) is 0 Å². The fraction of sp³-hybridized carbons (Fsp3) is 0.719. The molecule has 46 heavy (non-hydrogen) atoms. The van der Waals surface area contributed by atoms with Crippen LogP contribution < -0.4 is 5.73 Å². The molecule has 1 aliphatic rings. The van der Waals surface area contributed by atoms with Crippen LogP contribution in [0.4, 0.5) is 5.82 Å². The van der Waals surface area contributed by atoms with E-state index in [4.69, 9.17) is 33.7 Å². The van der Waals surface area contributed by atoms with Crippen LogP contribution in [0.15, 0.2) is 18.5 Å². The summed E-state index contributed by atoms with van der Waals surface area (Å²) >= 11 is 3.94. The van der Waals surface area contributed by atoms with Crippen LogP contribution >= 0.6 is 33.9 Å². The fourth-order valence-electron chi connectivity index (χ4n) is 4.54. The smallest absolute Gasteiger partial charge is 0.192 e. The van der Waals surface area contributed by atoms with E-state index in [0.29, 0.717) is 29.4 Å². The Hall–Kier alpha value is -0.729. The summed E-state index contributed by atoms with van der Waals surface area (Å²) in [6.07, 6.45) is 0.109. The van der Waals surface area contributed by atoms with E-state index in [1.807, 2.05) is 10.6 Å². The van der Waals surface area contributed by atoms with Crippen LogP contribution in [0.5, 0.6) is 0 Å². The third-order valence-corrected chi connectivity index (χ3v) is 26.0. The van der Waals surface area contributed by atoms with Crippen molar-refractivity contribution in [3.63, 3.8) is 0 Å². The number of thiophene rings is 1. The summed E-state index contributed by atoms with van der Waals surface area (Å²) in [4.78, 5) is 15.3. The normalized spacial score (nSPS) is 22.3. The maximum Gasteiger partial charge on any atom is 0.192 e. The number of nitrogens with zero attached hydrogens (tertiary/aromatic N) is 4. The molecule has 4 rings (SSSR count). The van der Waals surface area contributed by atoms with Gasteiger partial charge < -0.3 is 23.7 Å². The predicted molar refractivity (Wildman–Crippen MR) is 207 cm³/mol. The molecule has 258 valence electrons. The van der Waals surface area contributed by atoms with E-state index in [1.54, 1.807) is 17.7 Å². The Morgan fingerprint density at radius 3 is 1.89 bits per heavy atom. The summed E-state index contributed by atoms with van der Waals surface area (Å²) in [6, 6.07) is 4.08. The largest absolute Gasteiger partial charge is 0.414 e. The lowest BCUT2D eigenvalue weighted by Crippen LogP contribution is -2.54. The van der Waals surface area contributed by atoms with Gasteiger partial charge in [0.25, 0.3) is 0 Å². The number of nitrogen functional groups attached to an aromatic ring is 1. The Morgan fingerprint density at radius 1 is 0.848 bits per heavy atom. The Kier molecular flexibility index (Phi) is 10.6. The van der Waals surface area contributed by atoms with E-state index in [0.717, 1.165) is 7.76 Å². The number of hydrogen-bond donors (Lipinski definition) is 1. The third kappa shape index (κ3) is 7.69. The van der Waals surface area contributed by atoms with Crippen molar-refractivity contribution in [1.29, 1.82) is 0 Å². The van der Waals surface area contributed by atoms with Crippen LogP contribution in [-0.4, -0.2) is 69.4 Å². The van der Waals surface area contributed by atoms with Crippen LogP contribution in [0.2, 0.25) is 54.4 Å². The topological polar surface area (TPSA) is 107 Å². The average molecular weight is 818 g/mol. The molecule has 0 unspecified atom stereocenters. The molecule has 0 aliphatic carbocycles. The number of anilines is 1. The molecule has 0 bridgehead atoms. The first-order valence-electron chi connectivity index (χ1n) is 16.2. The number of rotatable bonds is 9. The van der Waals surface area contributed by atoms with Gasteiger partial charge in [-0.1, -0.05) is 62.3 Å². The first-order chi connectivity index (χ1) is 20.8. The molecule has 4 atom stereocenters. The molecule has 0 saturated carbocycles. The van der Waals surface area contributed by atoms with Gasteiger partial charge in [-0.25, -0.2) is 15.0 Å². The van der Waals surface area contributed by atoms with Crippen molar-refractivity contribution in [2.45, 2.75) is 141 Å². The maximum atomic E-state index is 7.34. The second-order valence-electron chi connectivity index (χ2n) is 17.2. The van der Waals surface area contributed by atoms with E-state index >= 15 is 0 Å². The van der Waals surface area contributed by atoms with Gasteiger partial charge in [-0.2, -0.15) is 0 Å². The molecule has 1 fully saturated rings. The van der Waals surface area contributed by atoms with Crippen LogP contribution in [0, 0.1) is 2.88 Å². The number of fused-ring (bicyclic) bond motifs is 1. The van der Waals surface area contributed by atoms with Crippen LogP contribution in [0.3, 0.4) is 0 Å². The molecule has 0 spiro atoms. The Labute approximate surface area is 297 Å². The lowest BCUT2D eigenvalue weighted by Gasteiger charge is -2.44. The Balaban J connectivity index is 1.88. The quantitative estimate of drug-likeness (QED) is 0.168. The van der Waals surface area contributed by atoms with Gasteiger partial charge in [0.2, 0.25) is 0 Å². The zero-order valence-corrected chi connectivity index (χ0v) is 36.5. The van der Waals surface area contributed by atoms with Crippen molar-refractivity contribution in [2.75, 3.05) is 12.3 Å². The SMILES string of the molecule is CC(C)(C)[Si](C)(C)OC[C@H]1O[C@@H](n2cnc3c(N)nc(-c4ccc(I)s4)nc32)[C@H](O[Si](C)(C)C(C)(C)C)[C@@H]1O[Si](C)(C)C(C)(C)C. The Morgan fingerprint density at radius 2 is 1.39 bits per heavy atom. The lowest BCUT2D eigenvalue weighted by molar-refractivity contribution is -0.0470. The number of halogens is 1. The summed E-state index contributed by atoms with van der Waals surface area (Å²) in [5.74, 6) is 0.917. The van der Waals surface area contributed by atoms with Crippen LogP contribution in [0.1, 0.15) is 68.5 Å². The van der Waals surface area contributed by atoms with E-state index < -0.39 is 37.3 Å². The number of imidazole rings is 1. The van der Waals surface area contributed by atoms with Crippen molar-refractivity contribution in [1.82, 2.24) is 19.5 Å². The molecule has 9 nitrogen and oxygen atoms in total. The van der Waals surface area contributed by atoms with Crippen molar-refractivity contribution >= 4 is 75.9 Å². The van der Waals surface area contributed by atoms with Gasteiger partial charge in [0.1, 0.15) is 23.8 Å². The molecule has 3 aromatic rings. The number of aromatic nitrogens is 4. The molecule has 0 aromatic carbocycles. The molecule has 2 N–H and O–H groups in total. The van der Waals surface area contributed by atoms with E-state index in [1.165, 1.54) is 0 Å². The minimum atomic E-state index is -2.31. The van der Waals surface area contributed by atoms with Gasteiger partial charge in [-0.05, 0) is 89.1 Å². The summed E-state index contributed by atoms with van der Waals surface area (Å²) < 4.78 is 31.7. The molecular weight excluding hydrogens is 762 g/mol. The standard InChI is InChI=1S/C32H56IN5O4SSi3/c1-30(2,3)44(10,11)39-18-20-24(41-45(12,13)31(4,5)6)25(42-46(14,15)32(7,8)9)29(40-20)38-19-35-23-26(34)36-27(37-28(23)38)21-16-17-22(33)43-21/h16-17,19-20,24-25,29H,18H2,1-15H3,(H2,34,36,37)/t20-,24-,25-,29-/m1/s1. The summed E-state index contributed by atoms with van der Waals surface area (Å²) in [6.45, 7) is 34.5. The highest BCUT2D eigenvalue weighted by Gasteiger charge is 2.55. The fourth-order valence-corrected chi connectivity index (χ4v) is 9.72. The van der Waals surface area contributed by atoms with Gasteiger partial charge in [0, 0.05) is 0 Å². The van der Waals surface area contributed by atoms with Gasteiger partial charge >= 0.3 is 0 Å². The van der Waals surface area contributed by atoms with Gasteiger partial charge in [-0.15, -0.1) is 11.3 Å². The summed E-state index contributed by atoms with van der Waals surface area (Å²) in [5, 5.41) is 0.0265. The van der Waals surface area contributed by atoms with Gasteiger partial charge in [0.05, 0.1) is 20.7 Å². The number of nitrogens with two attached hydrogens (primary N) is 1. The zero-order chi connectivity index (χ0) is 34.8. The molecule has 3 aromatic heterocycles. The maximum absolute atomic E-state index is 7.34. The van der Waals surface area contributed by atoms with Crippen LogP contribution in [0.25, 0.3) is 21.9 Å². The van der Waals surface area contributed by atoms with Crippen molar-refractivity contribution in [3.05, 3.63) is 21.3 Å². The number of ether oxygens (including phenoxy) is 1. The first-order valence-corrected chi connectivity index (χ1v) is 26.8. The van der Waals surface area contributed by atoms with Crippen LogP contribution in [-0.2, 0) is 18.0 Å². The highest BCUT2D eigenvalue weighted by Crippen LogP contribution is 2.47. The summed E-state index contributed by atoms with van der Waals surface area (Å²) in [7, 11) is -6.68.